The van der Waals surface area contributed by atoms with Crippen LogP contribution in [0.4, 0.5) is 0 Å². The first-order valence-corrected chi connectivity index (χ1v) is 8.30. The molecule has 0 aromatic carbocycles. The lowest BCUT2D eigenvalue weighted by atomic mass is 10.2. The molecule has 1 atom stereocenters. The van der Waals surface area contributed by atoms with Crippen LogP contribution < -0.4 is 5.32 Å². The van der Waals surface area contributed by atoms with Gasteiger partial charge in [0.15, 0.2) is 9.84 Å². The second-order valence-electron chi connectivity index (χ2n) is 4.07. The Labute approximate surface area is 105 Å². The Morgan fingerprint density at radius 3 is 3.00 bits per heavy atom. The highest BCUT2D eigenvalue weighted by atomic mass is 35.5. The van der Waals surface area contributed by atoms with E-state index in [0.717, 1.165) is 22.7 Å². The normalized spacial score (nSPS) is 24.4. The Morgan fingerprint density at radius 1 is 1.56 bits per heavy atom. The Balaban J connectivity index is 1.86. The zero-order chi connectivity index (χ0) is 11.6. The fraction of sp³-hybridized carbons (Fsp3) is 0.600. The van der Waals surface area contributed by atoms with Crippen LogP contribution in [0.5, 0.6) is 0 Å². The first-order valence-electron chi connectivity index (χ1n) is 5.22. The quantitative estimate of drug-likeness (QED) is 0.921. The third-order valence-electron chi connectivity index (χ3n) is 2.65. The Bertz CT molecular complexity index is 455. The molecule has 0 saturated carbocycles. The van der Waals surface area contributed by atoms with Gasteiger partial charge in [-0.25, -0.2) is 8.42 Å². The standard InChI is InChI=1S/C10H14ClNO2S2/c11-8-4-10(15-6-8)5-12-9-2-1-3-16(13,14)7-9/h4,6,9,12H,1-3,5,7H2. The van der Waals surface area contributed by atoms with Crippen LogP contribution in [0, 0.1) is 0 Å². The van der Waals surface area contributed by atoms with Crippen molar-refractivity contribution >= 4 is 32.8 Å². The van der Waals surface area contributed by atoms with Crippen molar-refractivity contribution in [3.8, 4) is 0 Å². The van der Waals surface area contributed by atoms with Gasteiger partial charge in [-0.2, -0.15) is 0 Å². The maximum Gasteiger partial charge on any atom is 0.151 e. The highest BCUT2D eigenvalue weighted by Gasteiger charge is 2.24. The van der Waals surface area contributed by atoms with Crippen LogP contribution in [0.3, 0.4) is 0 Å². The average molecular weight is 280 g/mol. The molecule has 1 saturated heterocycles. The van der Waals surface area contributed by atoms with E-state index in [0.29, 0.717) is 12.3 Å². The van der Waals surface area contributed by atoms with Gasteiger partial charge in [-0.3, -0.25) is 0 Å². The first kappa shape index (κ1) is 12.4. The molecule has 1 aromatic rings. The predicted octanol–water partition coefficient (Wildman–Crippen LogP) is 2.07. The highest BCUT2D eigenvalue weighted by Crippen LogP contribution is 2.19. The summed E-state index contributed by atoms with van der Waals surface area (Å²) >= 11 is 7.41. The third kappa shape index (κ3) is 3.45. The fourth-order valence-electron chi connectivity index (χ4n) is 1.88. The lowest BCUT2D eigenvalue weighted by Gasteiger charge is -2.22. The summed E-state index contributed by atoms with van der Waals surface area (Å²) < 4.78 is 22.8. The van der Waals surface area contributed by atoms with E-state index in [1.165, 1.54) is 0 Å². The van der Waals surface area contributed by atoms with E-state index in [4.69, 9.17) is 11.6 Å². The van der Waals surface area contributed by atoms with Crippen molar-refractivity contribution in [1.29, 1.82) is 0 Å². The van der Waals surface area contributed by atoms with Crippen molar-refractivity contribution < 1.29 is 8.42 Å². The number of nitrogens with one attached hydrogen (secondary N) is 1. The van der Waals surface area contributed by atoms with Gasteiger partial charge in [-0.1, -0.05) is 11.6 Å². The molecule has 1 fully saturated rings. The summed E-state index contributed by atoms with van der Waals surface area (Å²) in [6.07, 6.45) is 1.71. The molecule has 1 N–H and O–H groups in total. The predicted molar refractivity (Wildman–Crippen MR) is 67.8 cm³/mol. The zero-order valence-electron chi connectivity index (χ0n) is 8.78. The van der Waals surface area contributed by atoms with Crippen LogP contribution in [-0.2, 0) is 16.4 Å². The molecule has 3 nitrogen and oxygen atoms in total. The Kier molecular flexibility index (Phi) is 3.89. The van der Waals surface area contributed by atoms with Crippen molar-refractivity contribution in [2.45, 2.75) is 25.4 Å². The van der Waals surface area contributed by atoms with E-state index in [9.17, 15) is 8.42 Å². The number of halogens is 1. The maximum absolute atomic E-state index is 11.4. The van der Waals surface area contributed by atoms with Gasteiger partial charge in [-0.15, -0.1) is 11.3 Å². The van der Waals surface area contributed by atoms with E-state index in [-0.39, 0.29) is 11.8 Å². The van der Waals surface area contributed by atoms with Crippen LogP contribution >= 0.6 is 22.9 Å². The lowest BCUT2D eigenvalue weighted by Crippen LogP contribution is -2.39. The van der Waals surface area contributed by atoms with Gasteiger partial charge in [0.2, 0.25) is 0 Å². The SMILES string of the molecule is O=S1(=O)CCCC(NCc2cc(Cl)cs2)C1. The van der Waals surface area contributed by atoms with E-state index in [1.54, 1.807) is 11.3 Å². The molecule has 1 aliphatic heterocycles. The Morgan fingerprint density at radius 2 is 2.38 bits per heavy atom. The average Bonchev–Trinajstić information content (AvgIpc) is 2.60. The molecule has 0 amide bonds. The van der Waals surface area contributed by atoms with Gasteiger partial charge in [0, 0.05) is 22.8 Å². The maximum atomic E-state index is 11.4. The van der Waals surface area contributed by atoms with Crippen molar-refractivity contribution in [2.75, 3.05) is 11.5 Å². The summed E-state index contributed by atoms with van der Waals surface area (Å²) in [5.74, 6) is 0.613. The van der Waals surface area contributed by atoms with Gasteiger partial charge >= 0.3 is 0 Å². The van der Waals surface area contributed by atoms with E-state index in [2.05, 4.69) is 5.32 Å². The van der Waals surface area contributed by atoms with Crippen molar-refractivity contribution in [1.82, 2.24) is 5.32 Å². The van der Waals surface area contributed by atoms with Gasteiger partial charge in [0.1, 0.15) is 0 Å². The topological polar surface area (TPSA) is 46.2 Å². The molecular formula is C10H14ClNO2S2. The second-order valence-corrected chi connectivity index (χ2v) is 7.73. The van der Waals surface area contributed by atoms with Crippen LogP contribution in [0.15, 0.2) is 11.4 Å². The minimum atomic E-state index is -2.82. The summed E-state index contributed by atoms with van der Waals surface area (Å²) in [6, 6.07) is 2.01. The van der Waals surface area contributed by atoms with Gasteiger partial charge in [0.05, 0.1) is 16.5 Å². The summed E-state index contributed by atoms with van der Waals surface area (Å²) in [5, 5.41) is 5.91. The lowest BCUT2D eigenvalue weighted by molar-refractivity contribution is 0.482. The van der Waals surface area contributed by atoms with Crippen LogP contribution in [-0.4, -0.2) is 26.0 Å². The van der Waals surface area contributed by atoms with Gasteiger partial charge in [-0.05, 0) is 18.9 Å². The molecule has 0 spiro atoms. The number of rotatable bonds is 3. The largest absolute Gasteiger partial charge is 0.308 e. The Hall–Kier alpha value is -0.100. The van der Waals surface area contributed by atoms with Crippen molar-refractivity contribution in [2.24, 2.45) is 0 Å². The molecule has 16 heavy (non-hydrogen) atoms. The molecule has 0 bridgehead atoms. The molecular weight excluding hydrogens is 266 g/mol. The van der Waals surface area contributed by atoms with Crippen LogP contribution in [0.25, 0.3) is 0 Å². The monoisotopic (exact) mass is 279 g/mol. The summed E-state index contributed by atoms with van der Waals surface area (Å²) in [4.78, 5) is 1.15. The minimum absolute atomic E-state index is 0.0969. The first-order chi connectivity index (χ1) is 7.55. The molecule has 2 heterocycles. The van der Waals surface area contributed by atoms with E-state index >= 15 is 0 Å². The number of hydrogen-bond acceptors (Lipinski definition) is 4. The minimum Gasteiger partial charge on any atom is -0.308 e. The third-order valence-corrected chi connectivity index (χ3v) is 5.76. The van der Waals surface area contributed by atoms with Gasteiger partial charge < -0.3 is 5.32 Å². The number of sulfone groups is 1. The summed E-state index contributed by atoms with van der Waals surface area (Å²) in [5.41, 5.74) is 0. The molecule has 1 unspecified atom stereocenters. The van der Waals surface area contributed by atoms with Crippen molar-refractivity contribution in [3.63, 3.8) is 0 Å². The molecule has 2 rings (SSSR count). The zero-order valence-corrected chi connectivity index (χ0v) is 11.2. The molecule has 1 aliphatic rings. The van der Waals surface area contributed by atoms with E-state index in [1.807, 2.05) is 11.4 Å². The smallest absolute Gasteiger partial charge is 0.151 e. The molecule has 0 aliphatic carbocycles. The number of hydrogen-bond donors (Lipinski definition) is 1. The summed E-state index contributed by atoms with van der Waals surface area (Å²) in [7, 11) is -2.82. The fourth-order valence-corrected chi connectivity index (χ4v) is 4.57. The summed E-state index contributed by atoms with van der Waals surface area (Å²) in [6.45, 7) is 0.706. The van der Waals surface area contributed by atoms with Gasteiger partial charge in [0.25, 0.3) is 0 Å². The highest BCUT2D eigenvalue weighted by molar-refractivity contribution is 7.91. The molecule has 6 heteroatoms. The number of thiophene rings is 1. The van der Waals surface area contributed by atoms with Crippen LogP contribution in [0.2, 0.25) is 5.02 Å². The molecule has 1 aromatic heterocycles. The van der Waals surface area contributed by atoms with E-state index < -0.39 is 9.84 Å². The second kappa shape index (κ2) is 5.04. The van der Waals surface area contributed by atoms with Crippen LogP contribution in [0.1, 0.15) is 17.7 Å². The molecule has 90 valence electrons. The molecule has 0 radical (unpaired) electrons. The van der Waals surface area contributed by atoms with Crippen molar-refractivity contribution in [3.05, 3.63) is 21.3 Å².